The van der Waals surface area contributed by atoms with Crippen LogP contribution in [0.4, 0.5) is 10.1 Å². The van der Waals surface area contributed by atoms with E-state index in [9.17, 15) is 14.3 Å². The molecular formula is C16H17FN2O2. The summed E-state index contributed by atoms with van der Waals surface area (Å²) in [6.07, 6.45) is 0. The molecule has 0 bridgehead atoms. The zero-order chi connectivity index (χ0) is 15.4. The van der Waals surface area contributed by atoms with Gasteiger partial charge in [-0.3, -0.25) is 4.79 Å². The first-order valence-electron chi connectivity index (χ1n) is 6.56. The number of benzene rings is 2. The average molecular weight is 288 g/mol. The van der Waals surface area contributed by atoms with Gasteiger partial charge in [-0.2, -0.15) is 0 Å². The van der Waals surface area contributed by atoms with Crippen molar-refractivity contribution in [3.05, 3.63) is 58.9 Å². The van der Waals surface area contributed by atoms with Crippen molar-refractivity contribution in [1.82, 2.24) is 5.32 Å². The van der Waals surface area contributed by atoms with Crippen LogP contribution in [0, 0.1) is 12.7 Å². The molecule has 3 N–H and O–H groups in total. The number of phenols is 1. The number of carbonyl (C=O) groups is 1. The van der Waals surface area contributed by atoms with Crippen molar-refractivity contribution in [1.29, 1.82) is 0 Å². The van der Waals surface area contributed by atoms with Crippen LogP contribution in [0.5, 0.6) is 5.75 Å². The smallest absolute Gasteiger partial charge is 0.251 e. The van der Waals surface area contributed by atoms with E-state index in [4.69, 9.17) is 0 Å². The quantitative estimate of drug-likeness (QED) is 0.810. The first kappa shape index (κ1) is 14.8. The van der Waals surface area contributed by atoms with Crippen molar-refractivity contribution in [2.75, 3.05) is 12.4 Å². The molecule has 2 aromatic carbocycles. The minimum Gasteiger partial charge on any atom is -0.508 e. The van der Waals surface area contributed by atoms with Gasteiger partial charge in [0.05, 0.1) is 0 Å². The second-order valence-corrected chi connectivity index (χ2v) is 4.68. The highest BCUT2D eigenvalue weighted by Gasteiger charge is 2.10. The molecule has 0 fully saturated rings. The second kappa shape index (κ2) is 6.26. The molecule has 0 aromatic heterocycles. The van der Waals surface area contributed by atoms with E-state index < -0.39 is 5.82 Å². The van der Waals surface area contributed by atoms with E-state index in [1.165, 1.54) is 18.2 Å². The number of carbonyl (C=O) groups excluding carboxylic acids is 1. The summed E-state index contributed by atoms with van der Waals surface area (Å²) in [7, 11) is 1.58. The van der Waals surface area contributed by atoms with Gasteiger partial charge in [0.2, 0.25) is 0 Å². The number of rotatable bonds is 4. The van der Waals surface area contributed by atoms with Crippen molar-refractivity contribution in [3.8, 4) is 5.75 Å². The van der Waals surface area contributed by atoms with E-state index in [-0.39, 0.29) is 18.2 Å². The molecule has 0 spiro atoms. The summed E-state index contributed by atoms with van der Waals surface area (Å²) in [6, 6.07) is 9.14. The molecule has 0 heterocycles. The zero-order valence-electron chi connectivity index (χ0n) is 11.9. The topological polar surface area (TPSA) is 61.4 Å². The van der Waals surface area contributed by atoms with Crippen molar-refractivity contribution >= 4 is 11.6 Å². The molecule has 2 rings (SSSR count). The Morgan fingerprint density at radius 1 is 1.29 bits per heavy atom. The highest BCUT2D eigenvalue weighted by molar-refractivity contribution is 5.96. The fourth-order valence-corrected chi connectivity index (χ4v) is 2.09. The van der Waals surface area contributed by atoms with Gasteiger partial charge in [0, 0.05) is 30.4 Å². The van der Waals surface area contributed by atoms with Crippen LogP contribution < -0.4 is 10.6 Å². The number of halogens is 1. The summed E-state index contributed by atoms with van der Waals surface area (Å²) in [6.45, 7) is 2.10. The van der Waals surface area contributed by atoms with Gasteiger partial charge in [-0.15, -0.1) is 0 Å². The third-order valence-electron chi connectivity index (χ3n) is 3.32. The zero-order valence-corrected chi connectivity index (χ0v) is 11.9. The Hall–Kier alpha value is -2.56. The second-order valence-electron chi connectivity index (χ2n) is 4.68. The van der Waals surface area contributed by atoms with E-state index >= 15 is 0 Å². The summed E-state index contributed by atoms with van der Waals surface area (Å²) in [5, 5.41) is 15.4. The van der Waals surface area contributed by atoms with Gasteiger partial charge < -0.3 is 15.7 Å². The van der Waals surface area contributed by atoms with Crippen LogP contribution in [0.1, 0.15) is 21.5 Å². The van der Waals surface area contributed by atoms with Crippen LogP contribution in [0.25, 0.3) is 0 Å². The predicted octanol–water partition coefficient (Wildman–Crippen LogP) is 2.81. The molecule has 0 radical (unpaired) electrons. The predicted molar refractivity (Wildman–Crippen MR) is 80.0 cm³/mol. The van der Waals surface area contributed by atoms with E-state index in [0.717, 1.165) is 11.3 Å². The Labute approximate surface area is 122 Å². The summed E-state index contributed by atoms with van der Waals surface area (Å²) >= 11 is 0. The summed E-state index contributed by atoms with van der Waals surface area (Å²) in [4.78, 5) is 11.7. The third-order valence-corrected chi connectivity index (χ3v) is 3.32. The molecule has 0 aliphatic rings. The molecule has 0 unspecified atom stereocenters. The SMILES string of the molecule is CNC(=O)c1cccc(NCc2cc(F)ccc2O)c1C. The fraction of sp³-hybridized carbons (Fsp3) is 0.188. The lowest BCUT2D eigenvalue weighted by Crippen LogP contribution is -2.19. The Morgan fingerprint density at radius 2 is 2.05 bits per heavy atom. The standard InChI is InChI=1S/C16H17FN2O2/c1-10-13(16(21)18-2)4-3-5-14(10)19-9-11-8-12(17)6-7-15(11)20/h3-8,19-20H,9H2,1-2H3,(H,18,21). The fourth-order valence-electron chi connectivity index (χ4n) is 2.09. The molecule has 21 heavy (non-hydrogen) atoms. The summed E-state index contributed by atoms with van der Waals surface area (Å²) < 4.78 is 13.2. The number of anilines is 1. The largest absolute Gasteiger partial charge is 0.508 e. The highest BCUT2D eigenvalue weighted by Crippen LogP contribution is 2.22. The Balaban J connectivity index is 2.21. The molecule has 0 aliphatic carbocycles. The first-order valence-corrected chi connectivity index (χ1v) is 6.56. The lowest BCUT2D eigenvalue weighted by molar-refractivity contribution is 0.0962. The molecule has 1 amide bonds. The van der Waals surface area contributed by atoms with E-state index in [1.807, 2.05) is 13.0 Å². The van der Waals surface area contributed by atoms with Gasteiger partial charge in [-0.05, 0) is 42.8 Å². The number of phenolic OH excluding ortho intramolecular Hbond substituents is 1. The lowest BCUT2D eigenvalue weighted by atomic mass is 10.1. The number of hydrogen-bond donors (Lipinski definition) is 3. The van der Waals surface area contributed by atoms with Crippen LogP contribution in [-0.2, 0) is 6.54 Å². The first-order chi connectivity index (χ1) is 10.0. The maximum atomic E-state index is 13.2. The van der Waals surface area contributed by atoms with Crippen LogP contribution in [-0.4, -0.2) is 18.1 Å². The molecule has 4 nitrogen and oxygen atoms in total. The molecule has 2 aromatic rings. The van der Waals surface area contributed by atoms with Gasteiger partial charge in [0.25, 0.3) is 5.91 Å². The molecule has 0 atom stereocenters. The molecule has 0 aliphatic heterocycles. The van der Waals surface area contributed by atoms with E-state index in [1.54, 1.807) is 19.2 Å². The average Bonchev–Trinajstić information content (AvgIpc) is 2.48. The Bertz CT molecular complexity index is 671. The Kier molecular flexibility index (Phi) is 4.42. The third kappa shape index (κ3) is 3.31. The van der Waals surface area contributed by atoms with Crippen molar-refractivity contribution in [3.63, 3.8) is 0 Å². The van der Waals surface area contributed by atoms with Crippen LogP contribution >= 0.6 is 0 Å². The highest BCUT2D eigenvalue weighted by atomic mass is 19.1. The van der Waals surface area contributed by atoms with Gasteiger partial charge in [-0.1, -0.05) is 6.07 Å². The van der Waals surface area contributed by atoms with Gasteiger partial charge in [0.1, 0.15) is 11.6 Å². The Morgan fingerprint density at radius 3 is 2.76 bits per heavy atom. The molecular weight excluding hydrogens is 271 g/mol. The van der Waals surface area contributed by atoms with Crippen molar-refractivity contribution in [2.45, 2.75) is 13.5 Å². The minimum atomic E-state index is -0.402. The van der Waals surface area contributed by atoms with Gasteiger partial charge >= 0.3 is 0 Å². The molecule has 0 saturated carbocycles. The summed E-state index contributed by atoms with van der Waals surface area (Å²) in [5.41, 5.74) is 2.60. The summed E-state index contributed by atoms with van der Waals surface area (Å²) in [5.74, 6) is -0.533. The maximum absolute atomic E-state index is 13.2. The number of aromatic hydroxyl groups is 1. The van der Waals surface area contributed by atoms with E-state index in [0.29, 0.717) is 11.1 Å². The number of hydrogen-bond acceptors (Lipinski definition) is 3. The van der Waals surface area contributed by atoms with Gasteiger partial charge in [0.15, 0.2) is 0 Å². The van der Waals surface area contributed by atoms with Crippen LogP contribution in [0.2, 0.25) is 0 Å². The lowest BCUT2D eigenvalue weighted by Gasteiger charge is -2.13. The van der Waals surface area contributed by atoms with Crippen molar-refractivity contribution in [2.24, 2.45) is 0 Å². The van der Waals surface area contributed by atoms with E-state index in [2.05, 4.69) is 10.6 Å². The minimum absolute atomic E-state index is 0.0315. The van der Waals surface area contributed by atoms with Crippen LogP contribution in [0.3, 0.4) is 0 Å². The molecule has 0 saturated heterocycles. The molecule has 5 heteroatoms. The maximum Gasteiger partial charge on any atom is 0.251 e. The van der Waals surface area contributed by atoms with Crippen molar-refractivity contribution < 1.29 is 14.3 Å². The van der Waals surface area contributed by atoms with Gasteiger partial charge in [-0.25, -0.2) is 4.39 Å². The number of nitrogens with one attached hydrogen (secondary N) is 2. The molecule has 110 valence electrons. The normalized spacial score (nSPS) is 10.2. The monoisotopic (exact) mass is 288 g/mol. The number of amides is 1. The van der Waals surface area contributed by atoms with Crippen LogP contribution in [0.15, 0.2) is 36.4 Å².